The normalized spacial score (nSPS) is 8.43. The van der Waals surface area contributed by atoms with E-state index in [1.807, 2.05) is 0 Å². The fraction of sp³-hybridized carbons (Fsp3) is 0. The van der Waals surface area contributed by atoms with Crippen LogP contribution in [0.25, 0.3) is 0 Å². The second-order valence-corrected chi connectivity index (χ2v) is 1.34. The summed E-state index contributed by atoms with van der Waals surface area (Å²) in [4.78, 5) is 25.6. The second-order valence-electron chi connectivity index (χ2n) is 0.447. The Hall–Kier alpha value is 1.12. The van der Waals surface area contributed by atoms with Crippen molar-refractivity contribution in [1.82, 2.24) is 0 Å². The van der Waals surface area contributed by atoms with E-state index in [1.54, 1.807) is 0 Å². The molecule has 0 aromatic rings. The Morgan fingerprint density at radius 3 is 1.14 bits per heavy atom. The third-order valence-corrected chi connectivity index (χ3v) is 0. The molecule has 0 amide bonds. The summed E-state index contributed by atoms with van der Waals surface area (Å²) in [5, 5.41) is 0. The average molecular weight is 349 g/mol. The first kappa shape index (κ1) is 15.7. The zero-order chi connectivity index (χ0) is 4.50. The molecule has 0 fully saturated rings. The minimum atomic E-state index is -5.39. The molecule has 5 nitrogen and oxygen atoms in total. The Morgan fingerprint density at radius 2 is 1.14 bits per heavy atom. The molecule has 0 atom stereocenters. The van der Waals surface area contributed by atoms with Crippen molar-refractivity contribution < 1.29 is 55.8 Å². The van der Waals surface area contributed by atoms with Crippen molar-refractivity contribution in [1.29, 1.82) is 0 Å². The molecule has 0 rings (SSSR count). The number of phosphoric acid groups is 1. The molecule has 0 saturated heterocycles. The third kappa shape index (κ3) is 148. The predicted molar refractivity (Wildman–Crippen MR) is 8.29 cm³/mol. The minimum absolute atomic E-state index is 0. The molecule has 0 aromatic heterocycles. The van der Waals surface area contributed by atoms with Gasteiger partial charge in [0.15, 0.2) is 0 Å². The van der Waals surface area contributed by atoms with Gasteiger partial charge in [0.25, 0.3) is 0 Å². The van der Waals surface area contributed by atoms with Crippen molar-refractivity contribution >= 4 is 7.82 Å². The van der Waals surface area contributed by atoms with Gasteiger partial charge in [0.1, 0.15) is 0 Å². The fourth-order valence-corrected chi connectivity index (χ4v) is 0. The van der Waals surface area contributed by atoms with Gasteiger partial charge in [0.05, 0.1) is 0 Å². The molecular weight excluding hydrogens is 349 g/mol. The largest absolute Gasteiger partial charge is 6.00 e. The summed E-state index contributed by atoms with van der Waals surface area (Å²) in [6.07, 6.45) is 0. The summed E-state index contributed by atoms with van der Waals surface area (Å²) in [6.45, 7) is 0. The zero-order valence-electron chi connectivity index (χ0n) is 2.99. The summed E-state index contributed by atoms with van der Waals surface area (Å²) >= 11 is 0. The molecule has 0 bridgehead atoms. The first-order chi connectivity index (χ1) is 2.00. The van der Waals surface area contributed by atoms with Crippen LogP contribution in [-0.4, -0.2) is 0 Å². The second kappa shape index (κ2) is 5.26. The van der Waals surface area contributed by atoms with Crippen LogP contribution in [0.4, 0.5) is 0 Å². The Kier molecular flexibility index (Phi) is 11.8. The first-order valence-corrected chi connectivity index (χ1v) is 2.19. The van der Waals surface area contributed by atoms with Crippen LogP contribution in [-0.2, 0) is 10.0 Å². The van der Waals surface area contributed by atoms with E-state index >= 15 is 0 Å². The quantitative estimate of drug-likeness (QED) is 0.435. The van der Waals surface area contributed by atoms with Crippen LogP contribution in [0.3, 0.4) is 0 Å². The fourth-order valence-electron chi connectivity index (χ4n) is 0. The van der Waals surface area contributed by atoms with Crippen LogP contribution < -0.4 is 14.7 Å². The van der Waals surface area contributed by atoms with E-state index in [2.05, 4.69) is 0 Å². The van der Waals surface area contributed by atoms with E-state index in [-0.39, 0.29) is 36.6 Å². The Morgan fingerprint density at radius 1 is 1.14 bits per heavy atom. The number of hydrogen-bond donors (Lipinski definition) is 0. The molecule has 0 aliphatic carbocycles. The van der Waals surface area contributed by atoms with Crippen molar-refractivity contribution in [2.45, 2.75) is 0 Å². The molecule has 0 N–H and O–H groups in total. The molecule has 0 spiro atoms. The summed E-state index contributed by atoms with van der Waals surface area (Å²) in [6, 6.07) is 0. The van der Waals surface area contributed by atoms with Gasteiger partial charge in [-0.1, -0.05) is 0 Å². The summed E-state index contributed by atoms with van der Waals surface area (Å²) < 4.78 is 8.55. The SMILES string of the molecule is O=P([O-])([O-])[O-].[O+2].[U+6]. The van der Waals surface area contributed by atoms with Crippen molar-refractivity contribution in [3.63, 3.8) is 0 Å². The van der Waals surface area contributed by atoms with E-state index in [0.29, 0.717) is 0 Å². The van der Waals surface area contributed by atoms with Crippen molar-refractivity contribution in [3.8, 4) is 0 Å². The molecule has 7 heteroatoms. The molecule has 7 heavy (non-hydrogen) atoms. The molecule has 0 saturated carbocycles. The Bertz CT molecular complexity index is 54.2. The molecule has 0 heterocycles. The van der Waals surface area contributed by atoms with Gasteiger partial charge in [0, 0.05) is 0 Å². The molecule has 4 radical (unpaired) electrons. The van der Waals surface area contributed by atoms with Crippen LogP contribution in [0.5, 0.6) is 0 Å². The van der Waals surface area contributed by atoms with E-state index in [9.17, 15) is 0 Å². The molecular formula is O5PU+5. The molecule has 0 aliphatic heterocycles. The van der Waals surface area contributed by atoms with Gasteiger partial charge in [-0.2, -0.15) is 7.82 Å². The maximum atomic E-state index is 8.55. The van der Waals surface area contributed by atoms with E-state index < -0.39 is 7.82 Å². The van der Waals surface area contributed by atoms with Gasteiger partial charge in [-0.15, -0.1) is 0 Å². The Labute approximate surface area is 63.7 Å². The smallest absolute Gasteiger partial charge is 0.822 e. The standard InChI is InChI=1S/H3O4P.O.U/c1-5(2,3)4;;/h(H3,1,2,3,4);;/q;+2;+6/p-3. The zero-order valence-corrected chi connectivity index (χ0v) is 8.05. The van der Waals surface area contributed by atoms with Crippen molar-refractivity contribution in [2.75, 3.05) is 0 Å². The third-order valence-electron chi connectivity index (χ3n) is 0. The Balaban J connectivity index is -0.0000000800. The number of rotatable bonds is 0. The van der Waals surface area contributed by atoms with Gasteiger partial charge < -0.3 is 19.2 Å². The molecule has 0 aromatic carbocycles. The van der Waals surface area contributed by atoms with Crippen molar-refractivity contribution in [3.05, 3.63) is 0 Å². The summed E-state index contributed by atoms with van der Waals surface area (Å²) in [5.41, 5.74) is 0. The van der Waals surface area contributed by atoms with Gasteiger partial charge in [-0.3, -0.25) is 0 Å². The number of hydrogen-bond acceptors (Lipinski definition) is 4. The van der Waals surface area contributed by atoms with Crippen LogP contribution >= 0.6 is 7.82 Å². The van der Waals surface area contributed by atoms with Crippen LogP contribution in [0.15, 0.2) is 0 Å². The van der Waals surface area contributed by atoms with Crippen LogP contribution in [0.1, 0.15) is 0 Å². The van der Waals surface area contributed by atoms with Gasteiger partial charge in [-0.05, 0) is 0 Å². The van der Waals surface area contributed by atoms with E-state index in [4.69, 9.17) is 19.2 Å². The molecule has 34 valence electrons. The van der Waals surface area contributed by atoms with Gasteiger partial charge >= 0.3 is 36.6 Å². The van der Waals surface area contributed by atoms with Gasteiger partial charge in [0.2, 0.25) is 0 Å². The summed E-state index contributed by atoms with van der Waals surface area (Å²) in [5.74, 6) is 0. The molecule has 0 unspecified atom stereocenters. The van der Waals surface area contributed by atoms with Crippen LogP contribution in [0.2, 0.25) is 0 Å². The summed E-state index contributed by atoms with van der Waals surface area (Å²) in [7, 11) is -5.39. The molecule has 0 aliphatic rings. The van der Waals surface area contributed by atoms with Gasteiger partial charge in [-0.25, -0.2) is 0 Å². The maximum absolute atomic E-state index is 8.55. The van der Waals surface area contributed by atoms with E-state index in [1.165, 1.54) is 0 Å². The maximum Gasteiger partial charge on any atom is 6.00 e. The minimum Gasteiger partial charge on any atom is -0.822 e. The topological polar surface area (TPSA) is 115 Å². The van der Waals surface area contributed by atoms with Crippen molar-refractivity contribution in [2.24, 2.45) is 0 Å². The first-order valence-electron chi connectivity index (χ1n) is 0.730. The average Bonchev–Trinajstić information content (AvgIpc) is 0.722. The predicted octanol–water partition coefficient (Wildman–Crippen LogP) is -2.94. The van der Waals surface area contributed by atoms with E-state index in [0.717, 1.165) is 0 Å². The monoisotopic (exact) mass is 349 g/mol. The van der Waals surface area contributed by atoms with Crippen LogP contribution in [0, 0.1) is 31.1 Å².